The van der Waals surface area contributed by atoms with Gasteiger partial charge in [0.25, 0.3) is 5.91 Å². The number of hydrogen-bond acceptors (Lipinski definition) is 7. The highest BCUT2D eigenvalue weighted by atomic mass is 16.3. The van der Waals surface area contributed by atoms with Crippen LogP contribution in [-0.2, 0) is 16.1 Å². The van der Waals surface area contributed by atoms with Gasteiger partial charge in [-0.15, -0.1) is 0 Å². The van der Waals surface area contributed by atoms with Crippen molar-refractivity contribution in [1.29, 1.82) is 0 Å². The molecule has 11 nitrogen and oxygen atoms in total. The number of aromatic nitrogens is 3. The quantitative estimate of drug-likeness (QED) is 0.386. The monoisotopic (exact) mass is 388 g/mol. The Labute approximate surface area is 159 Å². The van der Waals surface area contributed by atoms with Crippen molar-refractivity contribution in [3.05, 3.63) is 42.1 Å². The minimum Gasteiger partial charge on any atom is -0.394 e. The molecule has 2 aromatic heterocycles. The van der Waals surface area contributed by atoms with E-state index in [1.54, 1.807) is 18.2 Å². The summed E-state index contributed by atoms with van der Waals surface area (Å²) in [5.74, 6) is -2.24. The molecule has 0 radical (unpaired) electrons. The number of anilines is 1. The zero-order chi connectivity index (χ0) is 20.3. The summed E-state index contributed by atoms with van der Waals surface area (Å²) in [5, 5.41) is 24.9. The first kappa shape index (κ1) is 19.5. The lowest BCUT2D eigenvalue weighted by Gasteiger charge is -2.26. The van der Waals surface area contributed by atoms with Gasteiger partial charge in [0, 0.05) is 19.2 Å². The molecule has 3 rings (SSSR count). The highest BCUT2D eigenvalue weighted by Gasteiger charge is 2.32. The van der Waals surface area contributed by atoms with Crippen LogP contribution in [0.25, 0.3) is 0 Å². The Hall–Kier alpha value is -3.31. The third-order valence-electron chi connectivity index (χ3n) is 4.45. The number of aliphatic hydroxyl groups excluding tert-OH is 2. The van der Waals surface area contributed by atoms with E-state index in [2.05, 4.69) is 20.6 Å². The molecule has 148 valence electrons. The van der Waals surface area contributed by atoms with Crippen LogP contribution in [0.4, 0.5) is 5.82 Å². The van der Waals surface area contributed by atoms with E-state index in [0.29, 0.717) is 5.69 Å². The Kier molecular flexibility index (Phi) is 5.66. The predicted octanol–water partition coefficient (Wildman–Crippen LogP) is -1.45. The summed E-state index contributed by atoms with van der Waals surface area (Å²) in [5.41, 5.74) is 5.47. The van der Waals surface area contributed by atoms with Crippen LogP contribution in [0.15, 0.2) is 30.7 Å². The van der Waals surface area contributed by atoms with Gasteiger partial charge in [-0.05, 0) is 12.1 Å². The number of nitrogens with one attached hydrogen (secondary N) is 2. The number of nitrogens with zero attached hydrogens (tertiary/aromatic N) is 3. The van der Waals surface area contributed by atoms with Gasteiger partial charge >= 0.3 is 0 Å². The molecule has 1 aliphatic rings. The van der Waals surface area contributed by atoms with Crippen LogP contribution in [0.1, 0.15) is 28.7 Å². The molecule has 0 saturated heterocycles. The molecule has 0 aromatic carbocycles. The van der Waals surface area contributed by atoms with Crippen molar-refractivity contribution in [3.8, 4) is 0 Å². The van der Waals surface area contributed by atoms with Gasteiger partial charge in [-0.2, -0.15) is 0 Å². The molecule has 28 heavy (non-hydrogen) atoms. The van der Waals surface area contributed by atoms with Gasteiger partial charge in [0.15, 0.2) is 5.69 Å². The Morgan fingerprint density at radius 2 is 2.18 bits per heavy atom. The molecule has 6 N–H and O–H groups in total. The number of hydrogen-bond donors (Lipinski definition) is 5. The maximum absolute atomic E-state index is 12.4. The van der Waals surface area contributed by atoms with Gasteiger partial charge in [-0.25, -0.2) is 4.98 Å². The lowest BCUT2D eigenvalue weighted by molar-refractivity contribution is -0.129. The van der Waals surface area contributed by atoms with E-state index in [-0.39, 0.29) is 24.5 Å². The van der Waals surface area contributed by atoms with Crippen LogP contribution in [0.3, 0.4) is 0 Å². The highest BCUT2D eigenvalue weighted by Crippen LogP contribution is 2.24. The summed E-state index contributed by atoms with van der Waals surface area (Å²) in [7, 11) is 0. The van der Waals surface area contributed by atoms with Gasteiger partial charge < -0.3 is 31.1 Å². The Bertz CT molecular complexity index is 883. The van der Waals surface area contributed by atoms with Crippen LogP contribution in [0, 0.1) is 5.92 Å². The lowest BCUT2D eigenvalue weighted by atomic mass is 10.0. The Morgan fingerprint density at radius 1 is 1.39 bits per heavy atom. The number of rotatable bonds is 7. The zero-order valence-corrected chi connectivity index (χ0v) is 14.8. The average Bonchev–Trinajstić information content (AvgIpc) is 3.09. The van der Waals surface area contributed by atoms with E-state index in [1.165, 1.54) is 17.1 Å². The van der Waals surface area contributed by atoms with Crippen LogP contribution >= 0.6 is 0 Å². The van der Waals surface area contributed by atoms with Crippen LogP contribution < -0.4 is 16.4 Å². The van der Waals surface area contributed by atoms with Crippen molar-refractivity contribution in [2.24, 2.45) is 11.7 Å². The Morgan fingerprint density at radius 3 is 2.82 bits per heavy atom. The first-order chi connectivity index (χ1) is 13.4. The SMILES string of the molecule is NC(=O)c1ncn2c1NC(=O)C(CC(=O)NC(CO)C(O)c1ccccn1)C2. The van der Waals surface area contributed by atoms with Crippen LogP contribution in [0.2, 0.25) is 0 Å². The minimum atomic E-state index is -1.20. The van der Waals surface area contributed by atoms with E-state index in [1.807, 2.05) is 0 Å². The van der Waals surface area contributed by atoms with Crippen molar-refractivity contribution < 1.29 is 24.6 Å². The third kappa shape index (κ3) is 4.00. The van der Waals surface area contributed by atoms with Crippen LogP contribution in [-0.4, -0.2) is 55.1 Å². The van der Waals surface area contributed by atoms with Gasteiger partial charge in [0.1, 0.15) is 11.9 Å². The number of amides is 3. The molecule has 0 saturated carbocycles. The van der Waals surface area contributed by atoms with Crippen molar-refractivity contribution >= 4 is 23.5 Å². The fourth-order valence-corrected chi connectivity index (χ4v) is 3.00. The number of carbonyl (C=O) groups excluding carboxylic acids is 3. The molecule has 3 unspecified atom stereocenters. The Balaban J connectivity index is 1.64. The third-order valence-corrected chi connectivity index (χ3v) is 4.45. The number of pyridine rings is 1. The number of fused-ring (bicyclic) bond motifs is 1. The summed E-state index contributed by atoms with van der Waals surface area (Å²) in [6, 6.07) is 3.96. The molecule has 0 bridgehead atoms. The van der Waals surface area contributed by atoms with E-state index in [4.69, 9.17) is 5.73 Å². The summed E-state index contributed by atoms with van der Waals surface area (Å²) in [4.78, 5) is 43.8. The van der Waals surface area contributed by atoms with Gasteiger partial charge in [-0.3, -0.25) is 19.4 Å². The minimum absolute atomic E-state index is 0.0462. The summed E-state index contributed by atoms with van der Waals surface area (Å²) in [6.07, 6.45) is 1.47. The highest BCUT2D eigenvalue weighted by molar-refractivity contribution is 6.02. The second kappa shape index (κ2) is 8.15. The molecule has 1 aliphatic heterocycles. The van der Waals surface area contributed by atoms with Gasteiger partial charge in [0.2, 0.25) is 11.8 Å². The van der Waals surface area contributed by atoms with E-state index in [0.717, 1.165) is 0 Å². The molecule has 0 aliphatic carbocycles. The fraction of sp³-hybridized carbons (Fsp3) is 0.353. The van der Waals surface area contributed by atoms with Crippen LogP contribution in [0.5, 0.6) is 0 Å². The smallest absolute Gasteiger partial charge is 0.271 e. The van der Waals surface area contributed by atoms with E-state index < -0.39 is 42.4 Å². The van der Waals surface area contributed by atoms with Crippen molar-refractivity contribution in [3.63, 3.8) is 0 Å². The number of carbonyl (C=O) groups is 3. The van der Waals surface area contributed by atoms with Crippen molar-refractivity contribution in [1.82, 2.24) is 19.9 Å². The normalized spacial score (nSPS) is 17.9. The van der Waals surface area contributed by atoms with Crippen molar-refractivity contribution in [2.45, 2.75) is 25.1 Å². The topological polar surface area (TPSA) is 172 Å². The maximum atomic E-state index is 12.4. The predicted molar refractivity (Wildman–Crippen MR) is 95.7 cm³/mol. The second-order valence-corrected chi connectivity index (χ2v) is 6.40. The number of primary amides is 1. The molecular formula is C17H20N6O5. The fourth-order valence-electron chi connectivity index (χ4n) is 3.00. The summed E-state index contributed by atoms with van der Waals surface area (Å²) < 4.78 is 1.53. The molecule has 3 amide bonds. The molecule has 2 aromatic rings. The molecular weight excluding hydrogens is 368 g/mol. The molecule has 0 spiro atoms. The standard InChI is InChI=1S/C17H20N6O5/c18-15(27)13-16-22-17(28)9(6-23(16)8-20-13)5-12(25)21-11(7-24)14(26)10-3-1-2-4-19-10/h1-4,8-9,11,14,24,26H,5-7H2,(H2,18,27)(H,21,25)(H,22,28). The zero-order valence-electron chi connectivity index (χ0n) is 14.8. The molecule has 3 heterocycles. The molecule has 0 fully saturated rings. The van der Waals surface area contributed by atoms with Gasteiger partial charge in [0.05, 0.1) is 30.6 Å². The van der Waals surface area contributed by atoms with Crippen molar-refractivity contribution in [2.75, 3.05) is 11.9 Å². The first-order valence-electron chi connectivity index (χ1n) is 8.55. The largest absolute Gasteiger partial charge is 0.394 e. The van der Waals surface area contributed by atoms with E-state index >= 15 is 0 Å². The molecule has 11 heteroatoms. The number of nitrogens with two attached hydrogens (primary N) is 1. The maximum Gasteiger partial charge on any atom is 0.271 e. The molecule has 3 atom stereocenters. The van der Waals surface area contributed by atoms with Gasteiger partial charge in [-0.1, -0.05) is 6.07 Å². The average molecular weight is 388 g/mol. The van der Waals surface area contributed by atoms with E-state index in [9.17, 15) is 24.6 Å². The second-order valence-electron chi connectivity index (χ2n) is 6.40. The lowest BCUT2D eigenvalue weighted by Crippen LogP contribution is -2.44. The summed E-state index contributed by atoms with van der Waals surface area (Å²) >= 11 is 0. The number of aliphatic hydroxyl groups is 2. The summed E-state index contributed by atoms with van der Waals surface area (Å²) in [6.45, 7) is -0.366. The first-order valence-corrected chi connectivity index (χ1v) is 8.55. The number of imidazole rings is 1.